The van der Waals surface area contributed by atoms with Crippen LogP contribution in [-0.4, -0.2) is 22.6 Å². The third-order valence-electron chi connectivity index (χ3n) is 3.04. The van der Waals surface area contributed by atoms with Crippen LogP contribution in [0, 0.1) is 20.8 Å². The molecule has 1 heterocycles. The zero-order chi connectivity index (χ0) is 14.7. The Bertz CT molecular complexity index is 622. The van der Waals surface area contributed by atoms with Crippen molar-refractivity contribution < 1.29 is 9.90 Å². The maximum atomic E-state index is 10.9. The monoisotopic (exact) mass is 290 g/mol. The molecule has 1 aromatic heterocycles. The first-order chi connectivity index (χ1) is 9.47. The number of aromatic nitrogens is 1. The van der Waals surface area contributed by atoms with E-state index in [2.05, 4.69) is 23.2 Å². The van der Waals surface area contributed by atoms with Gasteiger partial charge in [0.05, 0.1) is 12.1 Å². The molecular formula is C15H18N2O2S. The third-order valence-corrected chi connectivity index (χ3v) is 4.02. The van der Waals surface area contributed by atoms with Crippen LogP contribution in [0.3, 0.4) is 0 Å². The smallest absolute Gasteiger partial charge is 0.305 e. The van der Waals surface area contributed by atoms with Crippen LogP contribution in [0.1, 0.15) is 23.2 Å². The van der Waals surface area contributed by atoms with Crippen LogP contribution in [0.25, 0.3) is 0 Å². The summed E-state index contributed by atoms with van der Waals surface area (Å²) in [6.45, 7) is 6.43. The van der Waals surface area contributed by atoms with E-state index in [0.29, 0.717) is 6.54 Å². The molecule has 1 aromatic carbocycles. The molecule has 0 saturated carbocycles. The summed E-state index contributed by atoms with van der Waals surface area (Å²) in [4.78, 5) is 17.4. The number of carboxylic acid groups (broad SMARTS) is 1. The first-order valence-electron chi connectivity index (χ1n) is 6.46. The van der Waals surface area contributed by atoms with Crippen molar-refractivity contribution in [1.82, 2.24) is 4.98 Å². The van der Waals surface area contributed by atoms with Gasteiger partial charge in [-0.2, -0.15) is 0 Å². The summed E-state index contributed by atoms with van der Waals surface area (Å²) in [6, 6.07) is 6.19. The zero-order valence-corrected chi connectivity index (χ0v) is 12.7. The van der Waals surface area contributed by atoms with Gasteiger partial charge in [0.1, 0.15) is 0 Å². The van der Waals surface area contributed by atoms with Crippen molar-refractivity contribution in [2.24, 2.45) is 0 Å². The molecule has 5 heteroatoms. The molecule has 0 unspecified atom stereocenters. The Morgan fingerprint density at radius 3 is 2.70 bits per heavy atom. The molecular weight excluding hydrogens is 272 g/mol. The third kappa shape index (κ3) is 3.36. The van der Waals surface area contributed by atoms with Crippen LogP contribution in [0.4, 0.5) is 10.8 Å². The van der Waals surface area contributed by atoms with Crippen LogP contribution in [0.5, 0.6) is 0 Å². The molecule has 0 aliphatic carbocycles. The average molecular weight is 290 g/mol. The largest absolute Gasteiger partial charge is 0.481 e. The van der Waals surface area contributed by atoms with Crippen LogP contribution in [0.2, 0.25) is 0 Å². The predicted octanol–water partition coefficient (Wildman–Crippen LogP) is 3.68. The molecule has 20 heavy (non-hydrogen) atoms. The molecule has 0 spiro atoms. The number of carboxylic acids is 1. The number of aliphatic carboxylic acids is 1. The van der Waals surface area contributed by atoms with E-state index in [9.17, 15) is 4.79 Å². The molecule has 0 bridgehead atoms. The van der Waals surface area contributed by atoms with Gasteiger partial charge in [0.2, 0.25) is 0 Å². The molecule has 0 saturated heterocycles. The van der Waals surface area contributed by atoms with Crippen molar-refractivity contribution in [3.05, 3.63) is 40.4 Å². The summed E-state index contributed by atoms with van der Waals surface area (Å²) in [5.74, 6) is -0.798. The lowest BCUT2D eigenvalue weighted by molar-refractivity contribution is -0.136. The van der Waals surface area contributed by atoms with E-state index in [0.717, 1.165) is 27.6 Å². The van der Waals surface area contributed by atoms with Crippen molar-refractivity contribution >= 4 is 28.1 Å². The van der Waals surface area contributed by atoms with Crippen LogP contribution in [-0.2, 0) is 4.79 Å². The summed E-state index contributed by atoms with van der Waals surface area (Å²) in [5.41, 5.74) is 4.25. The van der Waals surface area contributed by atoms with E-state index < -0.39 is 5.97 Å². The molecule has 0 amide bonds. The van der Waals surface area contributed by atoms with Gasteiger partial charge in [-0.25, -0.2) is 4.98 Å². The van der Waals surface area contributed by atoms with Gasteiger partial charge in [0.25, 0.3) is 0 Å². The van der Waals surface area contributed by atoms with E-state index in [4.69, 9.17) is 5.11 Å². The van der Waals surface area contributed by atoms with Gasteiger partial charge in [-0.05, 0) is 38.0 Å². The highest BCUT2D eigenvalue weighted by molar-refractivity contribution is 7.13. The van der Waals surface area contributed by atoms with E-state index >= 15 is 0 Å². The summed E-state index contributed by atoms with van der Waals surface area (Å²) >= 11 is 1.54. The number of benzene rings is 1. The SMILES string of the molecule is Cc1ccc(C)c(N(CCC(=O)O)c2nc(C)cs2)c1. The Hall–Kier alpha value is -1.88. The summed E-state index contributed by atoms with van der Waals surface area (Å²) in [5, 5.41) is 11.8. The Morgan fingerprint density at radius 1 is 1.35 bits per heavy atom. The second-order valence-corrected chi connectivity index (χ2v) is 5.69. The second-order valence-electron chi connectivity index (χ2n) is 4.86. The first-order valence-corrected chi connectivity index (χ1v) is 7.34. The van der Waals surface area contributed by atoms with Gasteiger partial charge in [-0.1, -0.05) is 12.1 Å². The van der Waals surface area contributed by atoms with E-state index in [-0.39, 0.29) is 6.42 Å². The first kappa shape index (κ1) is 14.5. The van der Waals surface area contributed by atoms with Crippen LogP contribution in [0.15, 0.2) is 23.6 Å². The minimum Gasteiger partial charge on any atom is -0.481 e. The van der Waals surface area contributed by atoms with Crippen LogP contribution >= 0.6 is 11.3 Å². The Kier molecular flexibility index (Phi) is 4.39. The lowest BCUT2D eigenvalue weighted by Gasteiger charge is -2.23. The van der Waals surface area contributed by atoms with Crippen molar-refractivity contribution in [2.75, 3.05) is 11.4 Å². The summed E-state index contributed by atoms with van der Waals surface area (Å²) < 4.78 is 0. The molecule has 0 aliphatic heterocycles. The van der Waals surface area contributed by atoms with Gasteiger partial charge >= 0.3 is 5.97 Å². The predicted molar refractivity (Wildman–Crippen MR) is 82.0 cm³/mol. The Labute approximate surface area is 122 Å². The lowest BCUT2D eigenvalue weighted by atomic mass is 10.1. The number of aryl methyl sites for hydroxylation is 3. The van der Waals surface area contributed by atoms with E-state index in [1.165, 1.54) is 0 Å². The second kappa shape index (κ2) is 6.05. The number of anilines is 2. The van der Waals surface area contributed by atoms with Gasteiger partial charge in [-0.15, -0.1) is 11.3 Å². The maximum Gasteiger partial charge on any atom is 0.305 e. The minimum atomic E-state index is -0.798. The summed E-state index contributed by atoms with van der Waals surface area (Å²) in [6.07, 6.45) is 0.0893. The fraction of sp³-hybridized carbons (Fsp3) is 0.333. The molecule has 106 valence electrons. The molecule has 4 nitrogen and oxygen atoms in total. The number of rotatable bonds is 5. The maximum absolute atomic E-state index is 10.9. The fourth-order valence-corrected chi connectivity index (χ4v) is 2.84. The Balaban J connectivity index is 2.39. The highest BCUT2D eigenvalue weighted by Crippen LogP contribution is 2.31. The van der Waals surface area contributed by atoms with Gasteiger partial charge < -0.3 is 10.0 Å². The standard InChI is InChI=1S/C15H18N2O2S/c1-10-4-5-11(2)13(8-10)17(7-6-14(18)19)15-16-12(3)9-20-15/h4-5,8-9H,6-7H2,1-3H3,(H,18,19). The van der Waals surface area contributed by atoms with Crippen molar-refractivity contribution in [3.8, 4) is 0 Å². The molecule has 2 aromatic rings. The zero-order valence-electron chi connectivity index (χ0n) is 11.9. The van der Waals surface area contributed by atoms with Gasteiger partial charge in [0, 0.05) is 17.6 Å². The number of hydrogen-bond donors (Lipinski definition) is 1. The lowest BCUT2D eigenvalue weighted by Crippen LogP contribution is -2.21. The number of hydrogen-bond acceptors (Lipinski definition) is 4. The number of nitrogens with zero attached hydrogens (tertiary/aromatic N) is 2. The summed E-state index contributed by atoms with van der Waals surface area (Å²) in [7, 11) is 0. The Morgan fingerprint density at radius 2 is 2.10 bits per heavy atom. The highest BCUT2D eigenvalue weighted by Gasteiger charge is 2.16. The molecule has 0 atom stereocenters. The van der Waals surface area contributed by atoms with Crippen molar-refractivity contribution in [1.29, 1.82) is 0 Å². The molecule has 2 rings (SSSR count). The molecule has 0 fully saturated rings. The normalized spacial score (nSPS) is 10.6. The minimum absolute atomic E-state index is 0.0893. The van der Waals surface area contributed by atoms with Gasteiger partial charge in [0.15, 0.2) is 5.13 Å². The number of carbonyl (C=O) groups is 1. The van der Waals surface area contributed by atoms with Crippen molar-refractivity contribution in [2.45, 2.75) is 27.2 Å². The van der Waals surface area contributed by atoms with Gasteiger partial charge in [-0.3, -0.25) is 4.79 Å². The van der Waals surface area contributed by atoms with Crippen LogP contribution < -0.4 is 4.90 Å². The molecule has 0 aliphatic rings. The average Bonchev–Trinajstić information content (AvgIpc) is 2.80. The fourth-order valence-electron chi connectivity index (χ4n) is 2.00. The topological polar surface area (TPSA) is 53.4 Å². The molecule has 1 N–H and O–H groups in total. The quantitative estimate of drug-likeness (QED) is 0.912. The van der Waals surface area contributed by atoms with E-state index in [1.807, 2.05) is 31.1 Å². The highest BCUT2D eigenvalue weighted by atomic mass is 32.1. The molecule has 0 radical (unpaired) electrons. The van der Waals surface area contributed by atoms with E-state index in [1.54, 1.807) is 11.3 Å². The number of thiazole rings is 1. The van der Waals surface area contributed by atoms with Crippen molar-refractivity contribution in [3.63, 3.8) is 0 Å².